The standard InChI is InChI=1S/C14H17IN2O4/c15-10-4-5-11(12(8-10)17(20)21)16-9-14(13(18)19)6-2-1-3-7-14/h4-5,8,16H,1-3,6-7,9H2,(H,18,19). The summed E-state index contributed by atoms with van der Waals surface area (Å²) in [5.74, 6) is -0.817. The van der Waals surface area contributed by atoms with Crippen LogP contribution in [-0.2, 0) is 4.79 Å². The summed E-state index contributed by atoms with van der Waals surface area (Å²) in [6, 6.07) is 4.89. The lowest BCUT2D eigenvalue weighted by molar-refractivity contribution is -0.384. The van der Waals surface area contributed by atoms with Crippen LogP contribution in [0.4, 0.5) is 11.4 Å². The second-order valence-electron chi connectivity index (χ2n) is 5.42. The third kappa shape index (κ3) is 3.63. The van der Waals surface area contributed by atoms with Crippen LogP contribution in [0.1, 0.15) is 32.1 Å². The molecule has 2 rings (SSSR count). The average molecular weight is 404 g/mol. The van der Waals surface area contributed by atoms with Crippen molar-refractivity contribution >= 4 is 39.9 Å². The molecule has 0 heterocycles. The number of halogens is 1. The molecule has 1 aliphatic rings. The first-order valence-corrected chi connectivity index (χ1v) is 7.94. The molecule has 0 saturated heterocycles. The number of hydrogen-bond donors (Lipinski definition) is 2. The molecule has 1 aliphatic carbocycles. The van der Waals surface area contributed by atoms with Crippen molar-refractivity contribution in [2.24, 2.45) is 5.41 Å². The number of aliphatic carboxylic acids is 1. The lowest BCUT2D eigenvalue weighted by Gasteiger charge is -2.33. The SMILES string of the molecule is O=C(O)C1(CNc2ccc(I)cc2[N+](=O)[O-])CCCCC1. The Labute approximate surface area is 136 Å². The Balaban J connectivity index is 2.18. The molecule has 0 amide bonds. The number of nitrogens with one attached hydrogen (secondary N) is 1. The summed E-state index contributed by atoms with van der Waals surface area (Å²) in [7, 11) is 0. The summed E-state index contributed by atoms with van der Waals surface area (Å²) >= 11 is 2.01. The van der Waals surface area contributed by atoms with Crippen molar-refractivity contribution < 1.29 is 14.8 Å². The van der Waals surface area contributed by atoms with Gasteiger partial charge >= 0.3 is 5.97 Å². The monoisotopic (exact) mass is 404 g/mol. The van der Waals surface area contributed by atoms with Crippen molar-refractivity contribution in [1.29, 1.82) is 0 Å². The Morgan fingerprint density at radius 1 is 1.38 bits per heavy atom. The molecule has 1 aromatic carbocycles. The van der Waals surface area contributed by atoms with Crippen LogP contribution in [-0.4, -0.2) is 22.5 Å². The van der Waals surface area contributed by atoms with Crippen molar-refractivity contribution in [3.8, 4) is 0 Å². The summed E-state index contributed by atoms with van der Waals surface area (Å²) < 4.78 is 0.774. The van der Waals surface area contributed by atoms with Gasteiger partial charge in [0, 0.05) is 16.2 Å². The predicted octanol–water partition coefficient (Wildman–Crippen LogP) is 3.65. The van der Waals surface area contributed by atoms with Gasteiger partial charge < -0.3 is 10.4 Å². The third-order valence-electron chi connectivity index (χ3n) is 4.04. The van der Waals surface area contributed by atoms with Gasteiger partial charge in [0.05, 0.1) is 10.3 Å². The van der Waals surface area contributed by atoms with Gasteiger partial charge in [-0.15, -0.1) is 0 Å². The zero-order valence-electron chi connectivity index (χ0n) is 11.5. The van der Waals surface area contributed by atoms with Gasteiger partial charge in [-0.3, -0.25) is 14.9 Å². The third-order valence-corrected chi connectivity index (χ3v) is 4.71. The van der Waals surface area contributed by atoms with E-state index in [-0.39, 0.29) is 12.2 Å². The molecule has 114 valence electrons. The van der Waals surface area contributed by atoms with Crippen molar-refractivity contribution in [3.05, 3.63) is 31.9 Å². The van der Waals surface area contributed by atoms with Crippen LogP contribution in [0, 0.1) is 19.1 Å². The van der Waals surface area contributed by atoms with E-state index < -0.39 is 16.3 Å². The van der Waals surface area contributed by atoms with Gasteiger partial charge in [0.2, 0.25) is 0 Å². The van der Waals surface area contributed by atoms with Crippen LogP contribution < -0.4 is 5.32 Å². The van der Waals surface area contributed by atoms with E-state index in [9.17, 15) is 20.0 Å². The molecule has 7 heteroatoms. The predicted molar refractivity (Wildman–Crippen MR) is 87.5 cm³/mol. The van der Waals surface area contributed by atoms with Gasteiger partial charge in [-0.25, -0.2) is 0 Å². The molecule has 0 spiro atoms. The van der Waals surface area contributed by atoms with Gasteiger partial charge in [-0.05, 0) is 47.6 Å². The topological polar surface area (TPSA) is 92.5 Å². The summed E-state index contributed by atoms with van der Waals surface area (Å²) in [6.45, 7) is 0.226. The van der Waals surface area contributed by atoms with Gasteiger partial charge in [0.25, 0.3) is 5.69 Å². The van der Waals surface area contributed by atoms with E-state index in [1.165, 1.54) is 6.07 Å². The number of benzene rings is 1. The number of carboxylic acid groups (broad SMARTS) is 1. The van der Waals surface area contributed by atoms with E-state index in [0.717, 1.165) is 22.8 Å². The molecule has 0 bridgehead atoms. The molecule has 0 aliphatic heterocycles. The first-order chi connectivity index (χ1) is 9.94. The number of nitro benzene ring substituents is 1. The average Bonchev–Trinajstić information content (AvgIpc) is 2.46. The lowest BCUT2D eigenvalue weighted by atomic mass is 9.74. The molecular formula is C14H17IN2O4. The van der Waals surface area contributed by atoms with Gasteiger partial charge in [0.1, 0.15) is 5.69 Å². The smallest absolute Gasteiger partial charge is 0.311 e. The minimum Gasteiger partial charge on any atom is -0.481 e. The molecule has 2 N–H and O–H groups in total. The fourth-order valence-electron chi connectivity index (χ4n) is 2.76. The molecule has 1 fully saturated rings. The molecule has 0 unspecified atom stereocenters. The van der Waals surface area contributed by atoms with Crippen LogP contribution in [0.15, 0.2) is 18.2 Å². The molecule has 0 aromatic heterocycles. The molecule has 6 nitrogen and oxygen atoms in total. The highest BCUT2D eigenvalue weighted by Gasteiger charge is 2.39. The van der Waals surface area contributed by atoms with E-state index in [4.69, 9.17) is 0 Å². The molecular weight excluding hydrogens is 387 g/mol. The Kier molecular flexibility index (Phi) is 5.02. The molecule has 1 aromatic rings. The summed E-state index contributed by atoms with van der Waals surface area (Å²) in [6.07, 6.45) is 4.07. The van der Waals surface area contributed by atoms with Crippen molar-refractivity contribution in [2.45, 2.75) is 32.1 Å². The molecule has 1 saturated carbocycles. The Bertz CT molecular complexity index is 556. The van der Waals surface area contributed by atoms with E-state index in [0.29, 0.717) is 18.5 Å². The van der Waals surface area contributed by atoms with E-state index in [1.807, 2.05) is 22.6 Å². The molecule has 21 heavy (non-hydrogen) atoms. The largest absolute Gasteiger partial charge is 0.481 e. The van der Waals surface area contributed by atoms with Crippen LogP contribution in [0.25, 0.3) is 0 Å². The normalized spacial score (nSPS) is 17.2. The van der Waals surface area contributed by atoms with Gasteiger partial charge in [-0.1, -0.05) is 19.3 Å². The van der Waals surface area contributed by atoms with Crippen molar-refractivity contribution in [1.82, 2.24) is 0 Å². The number of carboxylic acids is 1. The van der Waals surface area contributed by atoms with Crippen molar-refractivity contribution in [3.63, 3.8) is 0 Å². The quantitative estimate of drug-likeness (QED) is 0.444. The number of nitrogens with zero attached hydrogens (tertiary/aromatic N) is 1. The highest BCUT2D eigenvalue weighted by Crippen LogP contribution is 2.37. The first-order valence-electron chi connectivity index (χ1n) is 6.86. The highest BCUT2D eigenvalue weighted by atomic mass is 127. The number of hydrogen-bond acceptors (Lipinski definition) is 4. The van der Waals surface area contributed by atoms with E-state index in [1.54, 1.807) is 12.1 Å². The molecule has 0 radical (unpaired) electrons. The number of nitro groups is 1. The minimum atomic E-state index is -0.817. The lowest BCUT2D eigenvalue weighted by Crippen LogP contribution is -2.39. The van der Waals surface area contributed by atoms with Crippen LogP contribution >= 0.6 is 22.6 Å². The maximum absolute atomic E-state index is 11.6. The van der Waals surface area contributed by atoms with E-state index >= 15 is 0 Å². The fourth-order valence-corrected chi connectivity index (χ4v) is 3.24. The van der Waals surface area contributed by atoms with Crippen LogP contribution in [0.3, 0.4) is 0 Å². The zero-order chi connectivity index (χ0) is 15.5. The fraction of sp³-hybridized carbons (Fsp3) is 0.500. The van der Waals surface area contributed by atoms with Crippen LogP contribution in [0.5, 0.6) is 0 Å². The highest BCUT2D eigenvalue weighted by molar-refractivity contribution is 14.1. The van der Waals surface area contributed by atoms with Gasteiger partial charge in [-0.2, -0.15) is 0 Å². The maximum atomic E-state index is 11.6. The first kappa shape index (κ1) is 16.0. The number of anilines is 1. The molecule has 0 atom stereocenters. The van der Waals surface area contributed by atoms with Gasteiger partial charge in [0.15, 0.2) is 0 Å². The number of rotatable bonds is 5. The summed E-state index contributed by atoms with van der Waals surface area (Å²) in [4.78, 5) is 22.2. The Morgan fingerprint density at radius 3 is 2.62 bits per heavy atom. The summed E-state index contributed by atoms with van der Waals surface area (Å²) in [5, 5.41) is 23.6. The second kappa shape index (κ2) is 6.59. The second-order valence-corrected chi connectivity index (χ2v) is 6.66. The van der Waals surface area contributed by atoms with E-state index in [2.05, 4.69) is 5.32 Å². The summed E-state index contributed by atoms with van der Waals surface area (Å²) in [5.41, 5.74) is -0.445. The minimum absolute atomic E-state index is 0.0155. The maximum Gasteiger partial charge on any atom is 0.311 e. The Morgan fingerprint density at radius 2 is 2.05 bits per heavy atom. The zero-order valence-corrected chi connectivity index (χ0v) is 13.6. The Hall–Kier alpha value is -1.38. The number of carbonyl (C=O) groups is 1. The van der Waals surface area contributed by atoms with Crippen molar-refractivity contribution in [2.75, 3.05) is 11.9 Å². The van der Waals surface area contributed by atoms with Crippen LogP contribution in [0.2, 0.25) is 0 Å².